The molecule has 23 heavy (non-hydrogen) atoms. The van der Waals surface area contributed by atoms with Crippen molar-refractivity contribution in [1.29, 1.82) is 0 Å². The molecule has 0 aliphatic carbocycles. The topological polar surface area (TPSA) is 40.5 Å². The van der Waals surface area contributed by atoms with Crippen LogP contribution in [0.1, 0.15) is 25.3 Å². The molecule has 2 nitrogen and oxygen atoms in total. The lowest BCUT2D eigenvalue weighted by Gasteiger charge is -2.15. The minimum absolute atomic E-state index is 0.0368. The van der Waals surface area contributed by atoms with E-state index in [1.165, 1.54) is 5.39 Å². The van der Waals surface area contributed by atoms with Crippen LogP contribution in [0.4, 0.5) is 0 Å². The molecule has 0 saturated heterocycles. The summed E-state index contributed by atoms with van der Waals surface area (Å²) in [5.41, 5.74) is 1.05. The molecule has 0 aliphatic heterocycles. The maximum Gasteiger partial charge on any atom is 0.166 e. The molecule has 0 unspecified atom stereocenters. The zero-order valence-corrected chi connectivity index (χ0v) is 13.2. The van der Waals surface area contributed by atoms with E-state index in [2.05, 4.69) is 44.2 Å². The Morgan fingerprint density at radius 2 is 1.43 bits per heavy atom. The summed E-state index contributed by atoms with van der Waals surface area (Å²) in [7, 11) is 0. The van der Waals surface area contributed by atoms with Gasteiger partial charge < -0.3 is 10.2 Å². The fraction of sp³-hybridized carbons (Fsp3) is 0.143. The van der Waals surface area contributed by atoms with Gasteiger partial charge in [-0.3, -0.25) is 0 Å². The lowest BCUT2D eigenvalue weighted by atomic mass is 9.90. The van der Waals surface area contributed by atoms with Crippen LogP contribution < -0.4 is 0 Å². The number of benzene rings is 4. The average Bonchev–Trinajstić information content (AvgIpc) is 2.56. The van der Waals surface area contributed by atoms with Crippen LogP contribution in [0, 0.1) is 0 Å². The van der Waals surface area contributed by atoms with Crippen molar-refractivity contribution in [2.24, 2.45) is 0 Å². The van der Waals surface area contributed by atoms with Gasteiger partial charge in [-0.1, -0.05) is 62.4 Å². The maximum absolute atomic E-state index is 10.5. The summed E-state index contributed by atoms with van der Waals surface area (Å²) in [5, 5.41) is 26.8. The summed E-state index contributed by atoms with van der Waals surface area (Å²) in [6.45, 7) is 4.19. The predicted molar refractivity (Wildman–Crippen MR) is 96.4 cm³/mol. The average molecular weight is 302 g/mol. The van der Waals surface area contributed by atoms with Crippen LogP contribution >= 0.6 is 0 Å². The minimum atomic E-state index is -0.0538. The molecule has 2 heteroatoms. The van der Waals surface area contributed by atoms with Gasteiger partial charge in [-0.2, -0.15) is 0 Å². The van der Waals surface area contributed by atoms with Gasteiger partial charge >= 0.3 is 0 Å². The van der Waals surface area contributed by atoms with Gasteiger partial charge in [0, 0.05) is 5.39 Å². The normalized spacial score (nSPS) is 11.8. The SMILES string of the molecule is CC(C)c1cc(O)c(O)c2c1ccc1c3ccccc3ccc12. The lowest BCUT2D eigenvalue weighted by molar-refractivity contribution is 0.407. The van der Waals surface area contributed by atoms with Crippen molar-refractivity contribution in [2.45, 2.75) is 19.8 Å². The third-order valence-electron chi connectivity index (χ3n) is 4.63. The van der Waals surface area contributed by atoms with Crippen molar-refractivity contribution < 1.29 is 10.2 Å². The largest absolute Gasteiger partial charge is 0.504 e. The highest BCUT2D eigenvalue weighted by molar-refractivity contribution is 6.19. The first-order valence-electron chi connectivity index (χ1n) is 7.87. The van der Waals surface area contributed by atoms with Gasteiger partial charge in [0.05, 0.1) is 0 Å². The molecule has 4 rings (SSSR count). The number of rotatable bonds is 1. The Kier molecular flexibility index (Phi) is 2.95. The van der Waals surface area contributed by atoms with E-state index in [1.807, 2.05) is 18.2 Å². The van der Waals surface area contributed by atoms with Crippen molar-refractivity contribution in [2.75, 3.05) is 0 Å². The van der Waals surface area contributed by atoms with Gasteiger partial charge in [0.1, 0.15) is 0 Å². The minimum Gasteiger partial charge on any atom is -0.504 e. The second kappa shape index (κ2) is 4.88. The quantitative estimate of drug-likeness (QED) is 0.351. The fourth-order valence-corrected chi connectivity index (χ4v) is 3.48. The van der Waals surface area contributed by atoms with Crippen LogP contribution in [0.2, 0.25) is 0 Å². The first kappa shape index (κ1) is 13.9. The molecule has 114 valence electrons. The van der Waals surface area contributed by atoms with Gasteiger partial charge in [-0.05, 0) is 44.5 Å². The smallest absolute Gasteiger partial charge is 0.166 e. The summed E-state index contributed by atoms with van der Waals surface area (Å²) in [6.07, 6.45) is 0. The van der Waals surface area contributed by atoms with Gasteiger partial charge in [0.25, 0.3) is 0 Å². The van der Waals surface area contributed by atoms with E-state index in [9.17, 15) is 10.2 Å². The van der Waals surface area contributed by atoms with E-state index in [0.717, 1.165) is 32.5 Å². The molecule has 0 atom stereocenters. The van der Waals surface area contributed by atoms with Gasteiger partial charge in [0.2, 0.25) is 0 Å². The number of phenols is 2. The lowest BCUT2D eigenvalue weighted by Crippen LogP contribution is -1.91. The van der Waals surface area contributed by atoms with Crippen LogP contribution in [0.3, 0.4) is 0 Å². The number of phenolic OH excluding ortho intramolecular Hbond substituents is 2. The summed E-state index contributed by atoms with van der Waals surface area (Å²) < 4.78 is 0. The van der Waals surface area contributed by atoms with E-state index < -0.39 is 0 Å². The standard InChI is InChI=1S/C21H18O2/c1-12(2)18-11-19(22)21(23)20-16-8-7-13-5-3-4-6-14(13)15(16)9-10-17(18)20/h3-12,22-23H,1-2H3. The zero-order chi connectivity index (χ0) is 16.1. The van der Waals surface area contributed by atoms with Crippen molar-refractivity contribution in [3.05, 3.63) is 60.2 Å². The summed E-state index contributed by atoms with van der Waals surface area (Å²) in [6, 6.07) is 18.2. The molecule has 0 aromatic heterocycles. The number of fused-ring (bicyclic) bond motifs is 5. The monoisotopic (exact) mass is 302 g/mol. The van der Waals surface area contributed by atoms with Crippen LogP contribution in [-0.4, -0.2) is 10.2 Å². The fourth-order valence-electron chi connectivity index (χ4n) is 3.48. The van der Waals surface area contributed by atoms with E-state index in [4.69, 9.17) is 0 Å². The Bertz CT molecular complexity index is 1060. The second-order valence-electron chi connectivity index (χ2n) is 6.36. The summed E-state index contributed by atoms with van der Waals surface area (Å²) in [4.78, 5) is 0. The maximum atomic E-state index is 10.5. The molecule has 0 heterocycles. The Morgan fingerprint density at radius 3 is 2.22 bits per heavy atom. The third kappa shape index (κ3) is 1.95. The highest BCUT2D eigenvalue weighted by Gasteiger charge is 2.16. The van der Waals surface area contributed by atoms with Crippen LogP contribution in [0.5, 0.6) is 11.5 Å². The van der Waals surface area contributed by atoms with E-state index in [1.54, 1.807) is 6.07 Å². The van der Waals surface area contributed by atoms with Gasteiger partial charge in [0.15, 0.2) is 11.5 Å². The molecule has 0 saturated carbocycles. The Morgan fingerprint density at radius 1 is 0.739 bits per heavy atom. The van der Waals surface area contributed by atoms with Crippen LogP contribution in [0.25, 0.3) is 32.3 Å². The zero-order valence-electron chi connectivity index (χ0n) is 13.2. The van der Waals surface area contributed by atoms with Gasteiger partial charge in [-0.25, -0.2) is 0 Å². The highest BCUT2D eigenvalue weighted by Crippen LogP contribution is 2.43. The van der Waals surface area contributed by atoms with Crippen LogP contribution in [-0.2, 0) is 0 Å². The molecule has 0 aliphatic rings. The summed E-state index contributed by atoms with van der Waals surface area (Å²) >= 11 is 0. The third-order valence-corrected chi connectivity index (χ3v) is 4.63. The van der Waals surface area contributed by atoms with E-state index in [-0.39, 0.29) is 17.4 Å². The van der Waals surface area contributed by atoms with Crippen LogP contribution in [0.15, 0.2) is 54.6 Å². The molecule has 0 bridgehead atoms. The first-order valence-corrected chi connectivity index (χ1v) is 7.87. The molecule has 0 amide bonds. The Hall–Kier alpha value is -2.74. The Balaban J connectivity index is 2.27. The first-order chi connectivity index (χ1) is 11.1. The number of aromatic hydroxyl groups is 2. The molecule has 0 spiro atoms. The second-order valence-corrected chi connectivity index (χ2v) is 6.36. The summed E-state index contributed by atoms with van der Waals surface area (Å²) in [5.74, 6) is 0.175. The molecule has 2 N–H and O–H groups in total. The molecule has 0 radical (unpaired) electrons. The molecule has 4 aromatic carbocycles. The van der Waals surface area contributed by atoms with E-state index in [0.29, 0.717) is 0 Å². The number of hydrogen-bond acceptors (Lipinski definition) is 2. The number of hydrogen-bond donors (Lipinski definition) is 2. The molecular weight excluding hydrogens is 284 g/mol. The highest BCUT2D eigenvalue weighted by atomic mass is 16.3. The van der Waals surface area contributed by atoms with Gasteiger partial charge in [-0.15, -0.1) is 0 Å². The van der Waals surface area contributed by atoms with Crippen molar-refractivity contribution in [3.8, 4) is 11.5 Å². The van der Waals surface area contributed by atoms with E-state index >= 15 is 0 Å². The predicted octanol–water partition coefficient (Wildman–Crippen LogP) is 5.68. The molecular formula is C21H18O2. The van der Waals surface area contributed by atoms with Crippen molar-refractivity contribution in [3.63, 3.8) is 0 Å². The molecule has 0 fully saturated rings. The van der Waals surface area contributed by atoms with Crippen molar-refractivity contribution >= 4 is 32.3 Å². The van der Waals surface area contributed by atoms with Crippen molar-refractivity contribution in [1.82, 2.24) is 0 Å². The molecule has 4 aromatic rings. The Labute approximate surface area is 134 Å².